The summed E-state index contributed by atoms with van der Waals surface area (Å²) in [7, 11) is -4.95. The number of aromatic nitrogens is 2. The number of nitrogens with two attached hydrogens (primary N) is 1. The van der Waals surface area contributed by atoms with Crippen molar-refractivity contribution in [3.05, 3.63) is 70.5 Å². The van der Waals surface area contributed by atoms with E-state index in [2.05, 4.69) is 10.4 Å². The minimum Gasteiger partial charge on any atom is -0.325 e. The van der Waals surface area contributed by atoms with E-state index in [4.69, 9.17) is 22.0 Å². The maximum absolute atomic E-state index is 14.0. The SMILES string of the molecule is N#Cc1cnn(-c2ccc(NC(=O)Cc3ccccc3Cl)c(C(F)(F)F)c2S(N)(=O)=O)c1. The highest BCUT2D eigenvalue weighted by Gasteiger charge is 2.41. The summed E-state index contributed by atoms with van der Waals surface area (Å²) < 4.78 is 67.1. The summed E-state index contributed by atoms with van der Waals surface area (Å²) >= 11 is 5.97. The Morgan fingerprint density at radius 1 is 1.25 bits per heavy atom. The number of alkyl halides is 3. The molecule has 0 atom stereocenters. The summed E-state index contributed by atoms with van der Waals surface area (Å²) in [5, 5.41) is 20.1. The molecule has 8 nitrogen and oxygen atoms in total. The van der Waals surface area contributed by atoms with Gasteiger partial charge in [-0.1, -0.05) is 29.8 Å². The summed E-state index contributed by atoms with van der Waals surface area (Å²) in [5.41, 5.74) is -2.67. The predicted octanol–water partition coefficient (Wildman–Crippen LogP) is 3.24. The Kier molecular flexibility index (Phi) is 6.27. The van der Waals surface area contributed by atoms with E-state index in [9.17, 15) is 26.4 Å². The zero-order valence-corrected chi connectivity index (χ0v) is 17.5. The third-order valence-electron chi connectivity index (χ3n) is 4.25. The fourth-order valence-corrected chi connectivity index (χ4v) is 4.11. The number of nitrogens with one attached hydrogen (secondary N) is 1. The van der Waals surface area contributed by atoms with E-state index >= 15 is 0 Å². The number of rotatable bonds is 5. The van der Waals surface area contributed by atoms with Gasteiger partial charge in [0.2, 0.25) is 15.9 Å². The van der Waals surface area contributed by atoms with E-state index in [1.807, 2.05) is 0 Å². The number of nitriles is 1. The fourth-order valence-electron chi connectivity index (χ4n) is 2.95. The van der Waals surface area contributed by atoms with Gasteiger partial charge in [0.15, 0.2) is 0 Å². The monoisotopic (exact) mass is 483 g/mol. The van der Waals surface area contributed by atoms with Crippen molar-refractivity contribution in [2.45, 2.75) is 17.5 Å². The standard InChI is InChI=1S/C19H13ClF3N5O3S/c20-13-4-2-1-3-12(13)7-16(29)27-14-5-6-15(28-10-11(8-24)9-26-28)18(32(25,30)31)17(14)19(21,22)23/h1-6,9-10H,7H2,(H,27,29)(H2,25,30,31). The molecule has 0 aliphatic carbocycles. The molecule has 0 fully saturated rings. The van der Waals surface area contributed by atoms with Gasteiger partial charge in [-0.25, -0.2) is 18.2 Å². The number of nitrogens with zero attached hydrogens (tertiary/aromatic N) is 3. The Labute approximate surface area is 185 Å². The summed E-state index contributed by atoms with van der Waals surface area (Å²) in [4.78, 5) is 11.1. The van der Waals surface area contributed by atoms with Gasteiger partial charge in [-0.05, 0) is 23.8 Å². The summed E-state index contributed by atoms with van der Waals surface area (Å²) in [5.74, 6) is -0.859. The lowest BCUT2D eigenvalue weighted by Gasteiger charge is -2.20. The maximum atomic E-state index is 14.0. The van der Waals surface area contributed by atoms with Gasteiger partial charge in [0.25, 0.3) is 0 Å². The molecule has 0 saturated carbocycles. The molecule has 0 unspecified atom stereocenters. The number of halogens is 4. The number of carbonyl (C=O) groups is 1. The molecule has 3 N–H and O–H groups in total. The van der Waals surface area contributed by atoms with Crippen LogP contribution < -0.4 is 10.5 Å². The van der Waals surface area contributed by atoms with Crippen LogP contribution in [0.25, 0.3) is 5.69 Å². The number of carbonyl (C=O) groups excluding carboxylic acids is 1. The molecule has 0 aliphatic rings. The van der Waals surface area contributed by atoms with E-state index in [0.717, 1.165) is 29.2 Å². The molecule has 0 saturated heterocycles. The fraction of sp³-hybridized carbons (Fsp3) is 0.105. The van der Waals surface area contributed by atoms with E-state index in [0.29, 0.717) is 5.56 Å². The average molecular weight is 484 g/mol. The Morgan fingerprint density at radius 2 is 1.94 bits per heavy atom. The van der Waals surface area contributed by atoms with Gasteiger partial charge in [-0.2, -0.15) is 23.5 Å². The lowest BCUT2D eigenvalue weighted by molar-refractivity contribution is -0.139. The first-order valence-electron chi connectivity index (χ1n) is 8.67. The molecule has 1 amide bonds. The number of benzene rings is 2. The van der Waals surface area contributed by atoms with Gasteiger partial charge < -0.3 is 5.32 Å². The summed E-state index contributed by atoms with van der Waals surface area (Å²) in [6, 6.07) is 9.86. The molecule has 13 heteroatoms. The molecule has 0 spiro atoms. The van der Waals surface area contributed by atoms with Crippen molar-refractivity contribution >= 4 is 33.2 Å². The molecule has 1 aromatic heterocycles. The van der Waals surface area contributed by atoms with Gasteiger partial charge in [-0.3, -0.25) is 4.79 Å². The molecule has 0 radical (unpaired) electrons. The highest BCUT2D eigenvalue weighted by atomic mass is 35.5. The van der Waals surface area contributed by atoms with Gasteiger partial charge in [0.05, 0.1) is 29.6 Å². The summed E-state index contributed by atoms with van der Waals surface area (Å²) in [6.45, 7) is 0. The molecule has 0 aliphatic heterocycles. The third kappa shape index (κ3) is 4.91. The van der Waals surface area contributed by atoms with Crippen LogP contribution in [0.5, 0.6) is 0 Å². The second-order valence-electron chi connectivity index (χ2n) is 6.48. The van der Waals surface area contributed by atoms with E-state index in [1.165, 1.54) is 12.1 Å². The van der Waals surface area contributed by atoms with Crippen LogP contribution in [0.2, 0.25) is 5.02 Å². The highest BCUT2D eigenvalue weighted by molar-refractivity contribution is 7.89. The van der Waals surface area contributed by atoms with Crippen LogP contribution in [0, 0.1) is 11.3 Å². The third-order valence-corrected chi connectivity index (χ3v) is 5.60. The lowest BCUT2D eigenvalue weighted by atomic mass is 10.1. The number of anilines is 1. The van der Waals surface area contributed by atoms with Crippen molar-refractivity contribution in [2.24, 2.45) is 5.14 Å². The molecule has 1 heterocycles. The van der Waals surface area contributed by atoms with Crippen molar-refractivity contribution in [3.8, 4) is 11.8 Å². The smallest absolute Gasteiger partial charge is 0.325 e. The van der Waals surface area contributed by atoms with Crippen molar-refractivity contribution < 1.29 is 26.4 Å². The first kappa shape index (κ1) is 23.3. The lowest BCUT2D eigenvalue weighted by Crippen LogP contribution is -2.25. The molecular formula is C19H13ClF3N5O3S. The summed E-state index contributed by atoms with van der Waals surface area (Å²) in [6.07, 6.45) is -3.48. The van der Waals surface area contributed by atoms with Gasteiger partial charge >= 0.3 is 6.18 Å². The van der Waals surface area contributed by atoms with E-state index < -0.39 is 43.9 Å². The molecule has 0 bridgehead atoms. The quantitative estimate of drug-likeness (QED) is 0.575. The Balaban J connectivity index is 2.14. The second kappa shape index (κ2) is 8.62. The van der Waals surface area contributed by atoms with Crippen molar-refractivity contribution in [2.75, 3.05) is 5.32 Å². The van der Waals surface area contributed by atoms with Crippen LogP contribution in [0.15, 0.2) is 53.7 Å². The average Bonchev–Trinajstić information content (AvgIpc) is 3.17. The molecule has 32 heavy (non-hydrogen) atoms. The maximum Gasteiger partial charge on any atom is 0.419 e. The second-order valence-corrected chi connectivity index (χ2v) is 8.39. The first-order chi connectivity index (χ1) is 14.9. The first-order valence-corrected chi connectivity index (χ1v) is 10.6. The molecule has 2 aromatic carbocycles. The Morgan fingerprint density at radius 3 is 2.50 bits per heavy atom. The molecular weight excluding hydrogens is 471 g/mol. The van der Waals surface area contributed by atoms with Crippen LogP contribution >= 0.6 is 11.6 Å². The number of primary sulfonamides is 1. The van der Waals surface area contributed by atoms with E-state index in [1.54, 1.807) is 18.2 Å². The highest BCUT2D eigenvalue weighted by Crippen LogP contribution is 2.41. The van der Waals surface area contributed by atoms with Crippen molar-refractivity contribution in [1.29, 1.82) is 5.26 Å². The number of amides is 1. The zero-order chi connectivity index (χ0) is 23.7. The van der Waals surface area contributed by atoms with Gasteiger partial charge in [0.1, 0.15) is 16.5 Å². The van der Waals surface area contributed by atoms with E-state index in [-0.39, 0.29) is 17.0 Å². The van der Waals surface area contributed by atoms with Gasteiger partial charge in [-0.15, -0.1) is 0 Å². The van der Waals surface area contributed by atoms with Gasteiger partial charge in [0, 0.05) is 11.2 Å². The van der Waals surface area contributed by atoms with Crippen LogP contribution in [-0.2, 0) is 27.4 Å². The molecule has 3 aromatic rings. The topological polar surface area (TPSA) is 131 Å². The Bertz CT molecular complexity index is 1350. The van der Waals surface area contributed by atoms with Crippen LogP contribution in [0.3, 0.4) is 0 Å². The zero-order valence-electron chi connectivity index (χ0n) is 15.9. The number of sulfonamides is 1. The van der Waals surface area contributed by atoms with Crippen LogP contribution in [-0.4, -0.2) is 24.1 Å². The largest absolute Gasteiger partial charge is 0.419 e. The Hall–Kier alpha value is -3.40. The van der Waals surface area contributed by atoms with Crippen molar-refractivity contribution in [3.63, 3.8) is 0 Å². The molecule has 166 valence electrons. The van der Waals surface area contributed by atoms with Crippen molar-refractivity contribution in [1.82, 2.24) is 9.78 Å². The number of hydrogen-bond acceptors (Lipinski definition) is 5. The van der Waals surface area contributed by atoms with Crippen LogP contribution in [0.1, 0.15) is 16.7 Å². The number of hydrogen-bond donors (Lipinski definition) is 2. The molecule has 3 rings (SSSR count). The predicted molar refractivity (Wildman–Crippen MR) is 108 cm³/mol. The minimum absolute atomic E-state index is 0.0175. The minimum atomic E-state index is -5.21. The normalized spacial score (nSPS) is 11.8. The van der Waals surface area contributed by atoms with Crippen LogP contribution in [0.4, 0.5) is 18.9 Å².